The first-order valence-electron chi connectivity index (χ1n) is 5.61. The maximum atomic E-state index is 4.56. The van der Waals surface area contributed by atoms with E-state index in [4.69, 9.17) is 0 Å². The average molecular weight is 256 g/mol. The number of benzene rings is 1. The summed E-state index contributed by atoms with van der Waals surface area (Å²) in [6, 6.07) is 10.2. The molecule has 0 atom stereocenters. The molecule has 1 aromatic carbocycles. The molecule has 0 radical (unpaired) electrons. The van der Waals surface area contributed by atoms with Gasteiger partial charge in [0.15, 0.2) is 5.65 Å². The number of fused-ring (bicyclic) bond motifs is 1. The van der Waals surface area contributed by atoms with E-state index in [1.165, 1.54) is 0 Å². The summed E-state index contributed by atoms with van der Waals surface area (Å²) >= 11 is 1.62. The van der Waals surface area contributed by atoms with Crippen molar-refractivity contribution in [3.63, 3.8) is 0 Å². The first-order chi connectivity index (χ1) is 8.86. The van der Waals surface area contributed by atoms with Gasteiger partial charge in [0.2, 0.25) is 0 Å². The third-order valence-corrected chi connectivity index (χ3v) is 3.53. The number of imidazole rings is 1. The Hall–Kier alpha value is -2.01. The summed E-state index contributed by atoms with van der Waals surface area (Å²) in [6.45, 7) is 0. The number of hydrogen-bond donors (Lipinski definition) is 1. The summed E-state index contributed by atoms with van der Waals surface area (Å²) in [4.78, 5) is 10.1. The van der Waals surface area contributed by atoms with Gasteiger partial charge in [0.25, 0.3) is 0 Å². The Balaban J connectivity index is 2.07. The van der Waals surface area contributed by atoms with Crippen LogP contribution in [0.2, 0.25) is 0 Å². The van der Waals surface area contributed by atoms with Crippen molar-refractivity contribution in [1.29, 1.82) is 0 Å². The lowest BCUT2D eigenvalue weighted by Gasteiger charge is -2.06. The molecule has 2 heterocycles. The molecule has 0 saturated heterocycles. The first-order valence-corrected chi connectivity index (χ1v) is 6.43. The molecule has 0 aliphatic rings. The van der Waals surface area contributed by atoms with Gasteiger partial charge < -0.3 is 9.72 Å². The van der Waals surface area contributed by atoms with Gasteiger partial charge in [-0.25, -0.2) is 9.97 Å². The quantitative estimate of drug-likeness (QED) is 0.782. The normalized spacial score (nSPS) is 10.7. The Morgan fingerprint density at radius 3 is 2.83 bits per heavy atom. The molecule has 0 fully saturated rings. The molecule has 0 bridgehead atoms. The standard InChI is InChI=1S/C13H12N4S/c1-14-11-9-17-8-7-15-12(17)13(16-11)18-10-5-3-2-4-6-10/h2-9,14H,1H3. The molecule has 0 aliphatic carbocycles. The largest absolute Gasteiger partial charge is 0.372 e. The minimum atomic E-state index is 0.832. The Kier molecular flexibility index (Phi) is 2.90. The molecule has 0 aliphatic heterocycles. The molecule has 18 heavy (non-hydrogen) atoms. The van der Waals surface area contributed by atoms with Gasteiger partial charge in [-0.05, 0) is 12.1 Å². The van der Waals surface area contributed by atoms with Gasteiger partial charge in [-0.1, -0.05) is 30.0 Å². The van der Waals surface area contributed by atoms with Crippen molar-refractivity contribution in [3.8, 4) is 0 Å². The van der Waals surface area contributed by atoms with Gasteiger partial charge in [0, 0.05) is 24.3 Å². The number of nitrogens with one attached hydrogen (secondary N) is 1. The fourth-order valence-corrected chi connectivity index (χ4v) is 2.60. The molecule has 1 N–H and O–H groups in total. The predicted octanol–water partition coefficient (Wildman–Crippen LogP) is 2.92. The van der Waals surface area contributed by atoms with Crippen molar-refractivity contribution >= 4 is 23.2 Å². The minimum absolute atomic E-state index is 0.832. The smallest absolute Gasteiger partial charge is 0.170 e. The summed E-state index contributed by atoms with van der Waals surface area (Å²) in [5, 5.41) is 3.96. The van der Waals surface area contributed by atoms with Crippen molar-refractivity contribution in [2.24, 2.45) is 0 Å². The van der Waals surface area contributed by atoms with Crippen molar-refractivity contribution in [3.05, 3.63) is 48.9 Å². The molecule has 0 saturated carbocycles. The topological polar surface area (TPSA) is 42.2 Å². The molecule has 2 aromatic heterocycles. The molecule has 4 nitrogen and oxygen atoms in total. The Morgan fingerprint density at radius 2 is 2.06 bits per heavy atom. The zero-order valence-corrected chi connectivity index (χ0v) is 10.7. The van der Waals surface area contributed by atoms with Gasteiger partial charge in [0.1, 0.15) is 10.8 Å². The number of anilines is 1. The first kappa shape index (κ1) is 11.1. The summed E-state index contributed by atoms with van der Waals surface area (Å²) in [5.74, 6) is 0.832. The van der Waals surface area contributed by atoms with Gasteiger partial charge >= 0.3 is 0 Å². The lowest BCUT2D eigenvalue weighted by Crippen LogP contribution is -1.98. The molecule has 0 amide bonds. The number of nitrogens with zero attached hydrogens (tertiary/aromatic N) is 3. The highest BCUT2D eigenvalue weighted by Gasteiger charge is 2.08. The van der Waals surface area contributed by atoms with Crippen LogP contribution in [-0.4, -0.2) is 21.4 Å². The number of aromatic nitrogens is 3. The Labute approximate surface area is 109 Å². The summed E-state index contributed by atoms with van der Waals surface area (Å²) < 4.78 is 1.98. The monoisotopic (exact) mass is 256 g/mol. The van der Waals surface area contributed by atoms with Gasteiger partial charge in [-0.3, -0.25) is 0 Å². The minimum Gasteiger partial charge on any atom is -0.372 e. The fraction of sp³-hybridized carbons (Fsp3) is 0.0769. The lowest BCUT2D eigenvalue weighted by molar-refractivity contribution is 1.03. The predicted molar refractivity (Wildman–Crippen MR) is 73.1 cm³/mol. The average Bonchev–Trinajstić information content (AvgIpc) is 2.88. The van der Waals surface area contributed by atoms with Crippen molar-refractivity contribution in [2.75, 3.05) is 12.4 Å². The molecule has 90 valence electrons. The van der Waals surface area contributed by atoms with Crippen LogP contribution in [-0.2, 0) is 0 Å². The number of hydrogen-bond acceptors (Lipinski definition) is 4. The van der Waals surface area contributed by atoms with E-state index in [0.29, 0.717) is 0 Å². The van der Waals surface area contributed by atoms with Crippen molar-refractivity contribution in [1.82, 2.24) is 14.4 Å². The van der Waals surface area contributed by atoms with E-state index >= 15 is 0 Å². The van der Waals surface area contributed by atoms with E-state index in [9.17, 15) is 0 Å². The van der Waals surface area contributed by atoms with Crippen molar-refractivity contribution < 1.29 is 0 Å². The zero-order valence-electron chi connectivity index (χ0n) is 9.87. The van der Waals surface area contributed by atoms with E-state index in [1.807, 2.05) is 42.0 Å². The molecule has 3 aromatic rings. The molecular weight excluding hydrogens is 244 g/mol. The van der Waals surface area contributed by atoms with E-state index in [-0.39, 0.29) is 0 Å². The maximum Gasteiger partial charge on any atom is 0.170 e. The van der Waals surface area contributed by atoms with Crippen LogP contribution in [0.4, 0.5) is 5.82 Å². The maximum absolute atomic E-state index is 4.56. The van der Waals surface area contributed by atoms with Crippen molar-refractivity contribution in [2.45, 2.75) is 9.92 Å². The molecular formula is C13H12N4S. The lowest BCUT2D eigenvalue weighted by atomic mass is 10.4. The van der Waals surface area contributed by atoms with E-state index in [1.54, 1.807) is 18.0 Å². The van der Waals surface area contributed by atoms with E-state index < -0.39 is 0 Å². The molecule has 5 heteroatoms. The highest BCUT2D eigenvalue weighted by molar-refractivity contribution is 7.99. The van der Waals surface area contributed by atoms with Crippen LogP contribution in [0.5, 0.6) is 0 Å². The highest BCUT2D eigenvalue weighted by Crippen LogP contribution is 2.29. The van der Waals surface area contributed by atoms with Gasteiger partial charge in [0.05, 0.1) is 6.20 Å². The van der Waals surface area contributed by atoms with Crippen LogP contribution in [0.1, 0.15) is 0 Å². The second-order valence-electron chi connectivity index (χ2n) is 3.75. The molecule has 3 rings (SSSR count). The Bertz CT molecular complexity index is 663. The van der Waals surface area contributed by atoms with Crippen LogP contribution in [0.3, 0.4) is 0 Å². The SMILES string of the molecule is CNc1cn2ccnc2c(Sc2ccccc2)n1. The Morgan fingerprint density at radius 1 is 1.22 bits per heavy atom. The summed E-state index contributed by atoms with van der Waals surface area (Å²) in [5.41, 5.74) is 0.878. The van der Waals surface area contributed by atoms with Crippen LogP contribution >= 0.6 is 11.8 Å². The molecule has 0 spiro atoms. The van der Waals surface area contributed by atoms with Crippen LogP contribution in [0, 0.1) is 0 Å². The van der Waals surface area contributed by atoms with Crippen LogP contribution in [0.15, 0.2) is 58.8 Å². The zero-order chi connectivity index (χ0) is 12.4. The van der Waals surface area contributed by atoms with Crippen LogP contribution in [0.25, 0.3) is 5.65 Å². The fourth-order valence-electron chi connectivity index (χ4n) is 1.69. The third kappa shape index (κ3) is 2.04. The van der Waals surface area contributed by atoms with Gasteiger partial charge in [-0.15, -0.1) is 0 Å². The van der Waals surface area contributed by atoms with E-state index in [2.05, 4.69) is 27.4 Å². The van der Waals surface area contributed by atoms with E-state index in [0.717, 1.165) is 21.4 Å². The molecule has 0 unspecified atom stereocenters. The summed E-state index contributed by atoms with van der Waals surface area (Å²) in [7, 11) is 1.86. The second-order valence-corrected chi connectivity index (χ2v) is 4.82. The third-order valence-electron chi connectivity index (χ3n) is 2.56. The highest BCUT2D eigenvalue weighted by atomic mass is 32.2. The second kappa shape index (κ2) is 4.70. The van der Waals surface area contributed by atoms with Crippen LogP contribution < -0.4 is 5.32 Å². The van der Waals surface area contributed by atoms with Gasteiger partial charge in [-0.2, -0.15) is 0 Å². The number of rotatable bonds is 3. The summed E-state index contributed by atoms with van der Waals surface area (Å²) in [6.07, 6.45) is 5.63.